The summed E-state index contributed by atoms with van der Waals surface area (Å²) in [6.45, 7) is 5.82. The highest BCUT2D eigenvalue weighted by molar-refractivity contribution is 7.12. The first-order valence-corrected chi connectivity index (χ1v) is 10.6. The Morgan fingerprint density at radius 3 is 2.90 bits per heavy atom. The van der Waals surface area contributed by atoms with Crippen molar-refractivity contribution < 1.29 is 14.7 Å². The molecule has 1 unspecified atom stereocenters. The van der Waals surface area contributed by atoms with Crippen LogP contribution in [-0.4, -0.2) is 57.6 Å². The summed E-state index contributed by atoms with van der Waals surface area (Å²) >= 11 is 1.32. The van der Waals surface area contributed by atoms with Crippen LogP contribution in [-0.2, 0) is 4.84 Å². The zero-order chi connectivity index (χ0) is 22.2. The number of aromatic carboxylic acids is 1. The number of anilines is 1. The van der Waals surface area contributed by atoms with E-state index in [4.69, 9.17) is 15.6 Å². The van der Waals surface area contributed by atoms with E-state index in [2.05, 4.69) is 10.1 Å². The number of hydrogen-bond acceptors (Lipinski definition) is 9. The van der Waals surface area contributed by atoms with Gasteiger partial charge in [0.05, 0.1) is 17.6 Å². The third-order valence-corrected chi connectivity index (χ3v) is 6.12. The predicted molar refractivity (Wildman–Crippen MR) is 118 cm³/mol. The Morgan fingerprint density at radius 2 is 2.26 bits per heavy atom. The number of fused-ring (bicyclic) bond motifs is 1. The highest BCUT2D eigenvalue weighted by atomic mass is 32.1. The van der Waals surface area contributed by atoms with Gasteiger partial charge in [0.1, 0.15) is 18.0 Å². The van der Waals surface area contributed by atoms with Gasteiger partial charge in [-0.2, -0.15) is 0 Å². The maximum Gasteiger partial charge on any atom is 0.341 e. The number of nitrogens with two attached hydrogens (primary N) is 1. The average Bonchev–Trinajstić information content (AvgIpc) is 3.40. The van der Waals surface area contributed by atoms with Crippen LogP contribution in [0.15, 0.2) is 39.9 Å². The molecule has 1 saturated heterocycles. The molecule has 0 aromatic carbocycles. The highest BCUT2D eigenvalue weighted by Gasteiger charge is 2.40. The van der Waals surface area contributed by atoms with Crippen LogP contribution in [0.4, 0.5) is 5.82 Å². The minimum atomic E-state index is -1.30. The number of nitrogens with zero attached hydrogens (tertiary/aromatic N) is 5. The third-order valence-electron chi connectivity index (χ3n) is 5.35. The van der Waals surface area contributed by atoms with E-state index in [-0.39, 0.29) is 16.4 Å². The number of aromatic nitrogens is 3. The lowest BCUT2D eigenvalue weighted by Crippen LogP contribution is -2.36. The molecule has 1 aliphatic rings. The molecule has 10 nitrogen and oxygen atoms in total. The standard InChI is InChI=1S/C20H22N6O4S/c1-3-30-24-14-9-25(11-20(14,2)10-21)15-5-4-12-16(27)13(18(28)29)8-26(17(12)23-15)19-22-6-7-31-19/h4-8H,3,9-11,21H2,1-2H3,(H,28,29)/b24-14-. The van der Waals surface area contributed by atoms with Gasteiger partial charge < -0.3 is 20.6 Å². The van der Waals surface area contributed by atoms with Gasteiger partial charge in [0.15, 0.2) is 10.8 Å². The molecule has 162 valence electrons. The summed E-state index contributed by atoms with van der Waals surface area (Å²) in [5, 5.41) is 16.2. The smallest absolute Gasteiger partial charge is 0.341 e. The van der Waals surface area contributed by atoms with Crippen LogP contribution in [0.5, 0.6) is 0 Å². The largest absolute Gasteiger partial charge is 0.477 e. The minimum absolute atomic E-state index is 0.211. The zero-order valence-corrected chi connectivity index (χ0v) is 17.9. The fraction of sp³-hybridized carbons (Fsp3) is 0.350. The van der Waals surface area contributed by atoms with E-state index in [1.807, 2.05) is 18.7 Å². The molecule has 3 aromatic rings. The van der Waals surface area contributed by atoms with E-state index >= 15 is 0 Å². The molecule has 0 amide bonds. The van der Waals surface area contributed by atoms with Crippen molar-refractivity contribution in [1.82, 2.24) is 14.5 Å². The zero-order valence-electron chi connectivity index (χ0n) is 17.1. The van der Waals surface area contributed by atoms with E-state index < -0.39 is 11.4 Å². The number of hydrogen-bond donors (Lipinski definition) is 2. The van der Waals surface area contributed by atoms with Crippen LogP contribution >= 0.6 is 11.3 Å². The maximum absolute atomic E-state index is 12.7. The van der Waals surface area contributed by atoms with Crippen molar-refractivity contribution in [2.45, 2.75) is 13.8 Å². The van der Waals surface area contributed by atoms with Crippen LogP contribution in [0, 0.1) is 5.41 Å². The lowest BCUT2D eigenvalue weighted by molar-refractivity contribution is 0.0695. The second kappa shape index (κ2) is 8.08. The van der Waals surface area contributed by atoms with Crippen molar-refractivity contribution in [3.8, 4) is 5.13 Å². The first-order chi connectivity index (χ1) is 14.9. The Labute approximate surface area is 181 Å². The molecule has 3 N–H and O–H groups in total. The Hall–Kier alpha value is -3.31. The molecule has 4 rings (SSSR count). The topological polar surface area (TPSA) is 136 Å². The summed E-state index contributed by atoms with van der Waals surface area (Å²) in [5.74, 6) is -0.669. The molecule has 1 fully saturated rings. The number of carboxylic acids is 1. The van der Waals surface area contributed by atoms with Crippen LogP contribution in [0.3, 0.4) is 0 Å². The molecule has 3 aromatic heterocycles. The van der Waals surface area contributed by atoms with Crippen LogP contribution < -0.4 is 16.1 Å². The normalized spacial score (nSPS) is 20.0. The van der Waals surface area contributed by atoms with E-state index in [1.165, 1.54) is 17.5 Å². The van der Waals surface area contributed by atoms with Crippen molar-refractivity contribution in [3.05, 3.63) is 45.7 Å². The summed E-state index contributed by atoms with van der Waals surface area (Å²) in [6.07, 6.45) is 2.89. The minimum Gasteiger partial charge on any atom is -0.477 e. The van der Waals surface area contributed by atoms with Crippen LogP contribution in [0.25, 0.3) is 16.2 Å². The Bertz CT molecular complexity index is 1220. The molecule has 0 bridgehead atoms. The SMILES string of the molecule is CCO/N=C1/CN(c2ccc3c(=O)c(C(=O)O)cn(-c4nccs4)c3n2)CC1(C)CN. The lowest BCUT2D eigenvalue weighted by atomic mass is 9.88. The van der Waals surface area contributed by atoms with Gasteiger partial charge in [-0.1, -0.05) is 12.1 Å². The number of carbonyl (C=O) groups is 1. The second-order valence-electron chi connectivity index (χ2n) is 7.48. The van der Waals surface area contributed by atoms with Crippen LogP contribution in [0.2, 0.25) is 0 Å². The molecule has 0 spiro atoms. The molecule has 0 saturated carbocycles. The van der Waals surface area contributed by atoms with Crippen LogP contribution in [0.1, 0.15) is 24.2 Å². The fourth-order valence-electron chi connectivity index (χ4n) is 3.57. The quantitative estimate of drug-likeness (QED) is 0.551. The second-order valence-corrected chi connectivity index (χ2v) is 8.35. The van der Waals surface area contributed by atoms with Crippen molar-refractivity contribution in [1.29, 1.82) is 0 Å². The molecule has 0 aliphatic carbocycles. The van der Waals surface area contributed by atoms with Gasteiger partial charge in [0, 0.05) is 36.3 Å². The molecule has 11 heteroatoms. The number of pyridine rings is 2. The molecule has 0 radical (unpaired) electrons. The van der Waals surface area contributed by atoms with Gasteiger partial charge in [-0.25, -0.2) is 14.8 Å². The molecule has 1 aliphatic heterocycles. The lowest BCUT2D eigenvalue weighted by Gasteiger charge is -2.23. The molecule has 4 heterocycles. The Kier molecular flexibility index (Phi) is 5.46. The summed E-state index contributed by atoms with van der Waals surface area (Å²) in [6, 6.07) is 3.32. The van der Waals surface area contributed by atoms with Gasteiger partial charge in [0.2, 0.25) is 5.43 Å². The first-order valence-electron chi connectivity index (χ1n) is 9.72. The Balaban J connectivity index is 1.85. The van der Waals surface area contributed by atoms with Crippen molar-refractivity contribution in [2.75, 3.05) is 31.1 Å². The Morgan fingerprint density at radius 1 is 1.45 bits per heavy atom. The monoisotopic (exact) mass is 442 g/mol. The van der Waals surface area contributed by atoms with E-state index in [0.29, 0.717) is 42.8 Å². The van der Waals surface area contributed by atoms with E-state index in [1.54, 1.807) is 28.3 Å². The summed E-state index contributed by atoms with van der Waals surface area (Å²) < 4.78 is 1.54. The number of rotatable bonds is 6. The van der Waals surface area contributed by atoms with Crippen molar-refractivity contribution >= 4 is 39.9 Å². The van der Waals surface area contributed by atoms with Gasteiger partial charge in [-0.3, -0.25) is 9.36 Å². The highest BCUT2D eigenvalue weighted by Crippen LogP contribution is 2.31. The molecular formula is C20H22N6O4S. The predicted octanol–water partition coefficient (Wildman–Crippen LogP) is 1.72. The van der Waals surface area contributed by atoms with Crippen molar-refractivity contribution in [2.24, 2.45) is 16.3 Å². The average molecular weight is 443 g/mol. The molecule has 1 atom stereocenters. The summed E-state index contributed by atoms with van der Waals surface area (Å²) in [7, 11) is 0. The number of carboxylic acid groups (broad SMARTS) is 1. The van der Waals surface area contributed by atoms with Crippen molar-refractivity contribution in [3.63, 3.8) is 0 Å². The summed E-state index contributed by atoms with van der Waals surface area (Å²) in [4.78, 5) is 40.6. The third kappa shape index (κ3) is 3.66. The molecular weight excluding hydrogens is 420 g/mol. The van der Waals surface area contributed by atoms with Gasteiger partial charge in [-0.15, -0.1) is 11.3 Å². The maximum atomic E-state index is 12.7. The van der Waals surface area contributed by atoms with Gasteiger partial charge in [0.25, 0.3) is 0 Å². The number of oxime groups is 1. The van der Waals surface area contributed by atoms with Gasteiger partial charge in [-0.05, 0) is 19.1 Å². The molecule has 31 heavy (non-hydrogen) atoms. The van der Waals surface area contributed by atoms with Gasteiger partial charge >= 0.3 is 5.97 Å². The first kappa shape index (κ1) is 20.9. The van der Waals surface area contributed by atoms with E-state index in [0.717, 1.165) is 5.71 Å². The fourth-order valence-corrected chi connectivity index (χ4v) is 4.19. The summed E-state index contributed by atoms with van der Waals surface area (Å²) in [5.41, 5.74) is 5.91. The van der Waals surface area contributed by atoms with E-state index in [9.17, 15) is 14.7 Å². The number of thiazole rings is 1.